The molecule has 1 saturated heterocycles. The molecule has 0 saturated carbocycles. The molecule has 2 amide bonds. The number of anilines is 1. The molecule has 1 aliphatic heterocycles. The highest BCUT2D eigenvalue weighted by molar-refractivity contribution is 5.97. The number of pyridine rings is 1. The Balaban J connectivity index is 2.08. The molecule has 2 heterocycles. The second kappa shape index (κ2) is 7.08. The van der Waals surface area contributed by atoms with Gasteiger partial charge in [-0.15, -0.1) is 0 Å². The SMILES string of the molecule is C[C@@H]1CC[C@@H](C)N1[C@@H](C)C(=O)Nc1cc(C(=O)N(C)C)ccn1. The average molecular weight is 318 g/mol. The Morgan fingerprint density at radius 3 is 2.48 bits per heavy atom. The van der Waals surface area contributed by atoms with Gasteiger partial charge in [0.1, 0.15) is 5.82 Å². The fourth-order valence-corrected chi connectivity index (χ4v) is 3.23. The van der Waals surface area contributed by atoms with E-state index in [1.807, 2.05) is 6.92 Å². The number of likely N-dealkylation sites (tertiary alicyclic amines) is 1. The molecule has 1 fully saturated rings. The van der Waals surface area contributed by atoms with Crippen LogP contribution in [0.4, 0.5) is 5.82 Å². The molecule has 0 radical (unpaired) electrons. The summed E-state index contributed by atoms with van der Waals surface area (Å²) in [5.41, 5.74) is 0.510. The van der Waals surface area contributed by atoms with Crippen LogP contribution in [-0.2, 0) is 4.79 Å². The Kier molecular flexibility index (Phi) is 5.36. The van der Waals surface area contributed by atoms with Gasteiger partial charge in [0.15, 0.2) is 0 Å². The summed E-state index contributed by atoms with van der Waals surface area (Å²) in [5.74, 6) is 0.208. The molecule has 6 heteroatoms. The van der Waals surface area contributed by atoms with Crippen LogP contribution >= 0.6 is 0 Å². The molecule has 126 valence electrons. The minimum absolute atomic E-state index is 0.0902. The summed E-state index contributed by atoms with van der Waals surface area (Å²) >= 11 is 0. The van der Waals surface area contributed by atoms with Crippen LogP contribution < -0.4 is 5.32 Å². The largest absolute Gasteiger partial charge is 0.345 e. The van der Waals surface area contributed by atoms with Crippen LogP contribution in [0.15, 0.2) is 18.3 Å². The summed E-state index contributed by atoms with van der Waals surface area (Å²) in [6, 6.07) is 3.84. The zero-order valence-electron chi connectivity index (χ0n) is 14.5. The van der Waals surface area contributed by atoms with Gasteiger partial charge in [-0.05, 0) is 45.7 Å². The van der Waals surface area contributed by atoms with E-state index in [2.05, 4.69) is 29.0 Å². The smallest absolute Gasteiger partial charge is 0.253 e. The van der Waals surface area contributed by atoms with Crippen LogP contribution in [0.2, 0.25) is 0 Å². The number of rotatable bonds is 4. The molecular formula is C17H26N4O2. The maximum absolute atomic E-state index is 12.5. The number of nitrogens with zero attached hydrogens (tertiary/aromatic N) is 3. The summed E-state index contributed by atoms with van der Waals surface area (Å²) in [6.45, 7) is 6.23. The third-order valence-corrected chi connectivity index (χ3v) is 4.51. The second-order valence-electron chi connectivity index (χ2n) is 6.52. The summed E-state index contributed by atoms with van der Waals surface area (Å²) in [7, 11) is 3.39. The maximum atomic E-state index is 12.5. The number of carbonyl (C=O) groups is 2. The molecule has 1 N–H and O–H groups in total. The molecule has 0 bridgehead atoms. The van der Waals surface area contributed by atoms with E-state index in [1.54, 1.807) is 26.2 Å². The van der Waals surface area contributed by atoms with E-state index in [1.165, 1.54) is 11.1 Å². The van der Waals surface area contributed by atoms with Gasteiger partial charge in [-0.3, -0.25) is 14.5 Å². The topological polar surface area (TPSA) is 65.5 Å². The van der Waals surface area contributed by atoms with Crippen molar-refractivity contribution in [3.8, 4) is 0 Å². The lowest BCUT2D eigenvalue weighted by molar-refractivity contribution is -0.121. The maximum Gasteiger partial charge on any atom is 0.253 e. The molecule has 0 spiro atoms. The van der Waals surface area contributed by atoms with E-state index >= 15 is 0 Å². The minimum Gasteiger partial charge on any atom is -0.345 e. The van der Waals surface area contributed by atoms with Gasteiger partial charge in [0.25, 0.3) is 5.91 Å². The molecule has 1 aliphatic rings. The first-order chi connectivity index (χ1) is 10.8. The molecule has 1 aromatic heterocycles. The van der Waals surface area contributed by atoms with Crippen molar-refractivity contribution < 1.29 is 9.59 Å². The fourth-order valence-electron chi connectivity index (χ4n) is 3.23. The Hall–Kier alpha value is -1.95. The van der Waals surface area contributed by atoms with Gasteiger partial charge in [-0.2, -0.15) is 0 Å². The summed E-state index contributed by atoms with van der Waals surface area (Å²) < 4.78 is 0. The number of aromatic nitrogens is 1. The van der Waals surface area contributed by atoms with Crippen LogP contribution in [0.3, 0.4) is 0 Å². The highest BCUT2D eigenvalue weighted by Gasteiger charge is 2.34. The molecular weight excluding hydrogens is 292 g/mol. The number of amides is 2. The Morgan fingerprint density at radius 1 is 1.30 bits per heavy atom. The van der Waals surface area contributed by atoms with Crippen molar-refractivity contribution in [3.63, 3.8) is 0 Å². The molecule has 1 aromatic rings. The molecule has 23 heavy (non-hydrogen) atoms. The van der Waals surface area contributed by atoms with E-state index in [0.29, 0.717) is 23.5 Å². The summed E-state index contributed by atoms with van der Waals surface area (Å²) in [5, 5.41) is 2.83. The molecule has 0 unspecified atom stereocenters. The van der Waals surface area contributed by atoms with Crippen molar-refractivity contribution in [3.05, 3.63) is 23.9 Å². The van der Waals surface area contributed by atoms with Crippen molar-refractivity contribution in [1.29, 1.82) is 0 Å². The number of hydrogen-bond acceptors (Lipinski definition) is 4. The molecule has 0 aliphatic carbocycles. The number of nitrogens with one attached hydrogen (secondary N) is 1. The van der Waals surface area contributed by atoms with Gasteiger partial charge in [-0.25, -0.2) is 4.98 Å². The van der Waals surface area contributed by atoms with Crippen LogP contribution in [-0.4, -0.2) is 58.8 Å². The lowest BCUT2D eigenvalue weighted by atomic mass is 10.2. The Labute approximate surface area is 137 Å². The number of hydrogen-bond donors (Lipinski definition) is 1. The van der Waals surface area contributed by atoms with Crippen molar-refractivity contribution in [2.75, 3.05) is 19.4 Å². The van der Waals surface area contributed by atoms with E-state index in [9.17, 15) is 9.59 Å². The zero-order valence-corrected chi connectivity index (χ0v) is 14.5. The average Bonchev–Trinajstić information content (AvgIpc) is 2.84. The Morgan fingerprint density at radius 2 is 1.91 bits per heavy atom. The zero-order chi connectivity index (χ0) is 17.1. The molecule has 2 rings (SSSR count). The van der Waals surface area contributed by atoms with E-state index in [-0.39, 0.29) is 17.9 Å². The number of carbonyl (C=O) groups excluding carboxylic acids is 2. The predicted octanol–water partition coefficient (Wildman–Crippen LogP) is 1.98. The van der Waals surface area contributed by atoms with Gasteiger partial charge in [0.2, 0.25) is 5.91 Å². The predicted molar refractivity (Wildman–Crippen MR) is 90.3 cm³/mol. The van der Waals surface area contributed by atoms with Crippen LogP contribution in [0.25, 0.3) is 0 Å². The van der Waals surface area contributed by atoms with Gasteiger partial charge >= 0.3 is 0 Å². The van der Waals surface area contributed by atoms with Crippen molar-refractivity contribution in [2.45, 2.75) is 51.7 Å². The molecule has 6 nitrogen and oxygen atoms in total. The fraction of sp³-hybridized carbons (Fsp3) is 0.588. The molecule has 0 aromatic carbocycles. The highest BCUT2D eigenvalue weighted by Crippen LogP contribution is 2.26. The second-order valence-corrected chi connectivity index (χ2v) is 6.52. The van der Waals surface area contributed by atoms with Crippen molar-refractivity contribution >= 4 is 17.6 Å². The highest BCUT2D eigenvalue weighted by atomic mass is 16.2. The quantitative estimate of drug-likeness (QED) is 0.922. The van der Waals surface area contributed by atoms with Gasteiger partial charge in [-0.1, -0.05) is 0 Å². The van der Waals surface area contributed by atoms with E-state index < -0.39 is 0 Å². The normalized spacial score (nSPS) is 22.7. The minimum atomic E-state index is -0.225. The van der Waals surface area contributed by atoms with E-state index in [4.69, 9.17) is 0 Å². The first-order valence-electron chi connectivity index (χ1n) is 8.07. The molecule has 3 atom stereocenters. The van der Waals surface area contributed by atoms with Gasteiger partial charge < -0.3 is 10.2 Å². The first kappa shape index (κ1) is 17.4. The van der Waals surface area contributed by atoms with Gasteiger partial charge in [0.05, 0.1) is 6.04 Å². The standard InChI is InChI=1S/C17H26N4O2/c1-11-6-7-12(2)21(11)13(3)16(22)19-15-10-14(8-9-18-15)17(23)20(4)5/h8-13H,6-7H2,1-5H3,(H,18,19,22)/t11-,12-,13+/m1/s1. The summed E-state index contributed by atoms with van der Waals surface area (Å²) in [6.07, 6.45) is 3.77. The third kappa shape index (κ3) is 3.88. The van der Waals surface area contributed by atoms with Gasteiger partial charge in [0, 0.05) is 37.9 Å². The van der Waals surface area contributed by atoms with Crippen LogP contribution in [0.5, 0.6) is 0 Å². The van der Waals surface area contributed by atoms with E-state index in [0.717, 1.165) is 12.8 Å². The van der Waals surface area contributed by atoms with Crippen LogP contribution in [0.1, 0.15) is 44.0 Å². The lowest BCUT2D eigenvalue weighted by Gasteiger charge is -2.31. The van der Waals surface area contributed by atoms with Crippen LogP contribution in [0, 0.1) is 0 Å². The first-order valence-corrected chi connectivity index (χ1v) is 8.07. The lowest BCUT2D eigenvalue weighted by Crippen LogP contribution is -2.47. The third-order valence-electron chi connectivity index (χ3n) is 4.51. The monoisotopic (exact) mass is 318 g/mol. The van der Waals surface area contributed by atoms with Crippen molar-refractivity contribution in [2.24, 2.45) is 0 Å². The van der Waals surface area contributed by atoms with Crippen molar-refractivity contribution in [1.82, 2.24) is 14.8 Å². The summed E-state index contributed by atoms with van der Waals surface area (Å²) in [4.78, 5) is 32.4. The Bertz CT molecular complexity index is 578.